The van der Waals surface area contributed by atoms with Crippen molar-refractivity contribution in [1.82, 2.24) is 9.97 Å². The van der Waals surface area contributed by atoms with Crippen LogP contribution in [0.1, 0.15) is 12.8 Å². The molecule has 0 spiro atoms. The molecule has 1 aromatic rings. The number of aliphatic carboxylic acids is 1. The molecule has 2 rings (SSSR count). The second-order valence-electron chi connectivity index (χ2n) is 4.19. The molecule has 0 saturated carbocycles. The van der Waals surface area contributed by atoms with Crippen LogP contribution in [0.4, 0.5) is 5.95 Å². The molecule has 5 nitrogen and oxygen atoms in total. The van der Waals surface area contributed by atoms with Gasteiger partial charge in [-0.05, 0) is 35.0 Å². The van der Waals surface area contributed by atoms with Gasteiger partial charge >= 0.3 is 5.97 Å². The van der Waals surface area contributed by atoms with Crippen LogP contribution in [0.5, 0.6) is 0 Å². The number of rotatable bonds is 3. The molecular weight excluding hydrogens is 318 g/mol. The van der Waals surface area contributed by atoms with Crippen molar-refractivity contribution in [3.05, 3.63) is 16.9 Å². The highest BCUT2D eigenvalue weighted by Gasteiger charge is 2.41. The Bertz CT molecular complexity index is 432. The summed E-state index contributed by atoms with van der Waals surface area (Å²) in [6.45, 7) is 1.35. The normalized spacial score (nSPS) is 18.7. The molecule has 0 aliphatic carbocycles. The van der Waals surface area contributed by atoms with Crippen LogP contribution >= 0.6 is 27.7 Å². The minimum atomic E-state index is -0.716. The number of hydrogen-bond donors (Lipinski definition) is 1. The van der Waals surface area contributed by atoms with Gasteiger partial charge in [-0.3, -0.25) is 4.79 Å². The Morgan fingerprint density at radius 1 is 1.44 bits per heavy atom. The molecule has 98 valence electrons. The van der Waals surface area contributed by atoms with Crippen LogP contribution in [-0.2, 0) is 4.79 Å². The molecule has 0 amide bonds. The molecule has 1 fully saturated rings. The maximum atomic E-state index is 11.3. The molecule has 0 radical (unpaired) electrons. The predicted octanol–water partition coefficient (Wildman–Crippen LogP) is 2.03. The second-order valence-corrected chi connectivity index (χ2v) is 6.30. The van der Waals surface area contributed by atoms with E-state index in [4.69, 9.17) is 0 Å². The molecule has 7 heteroatoms. The zero-order valence-electron chi connectivity index (χ0n) is 9.97. The smallest absolute Gasteiger partial charge is 0.319 e. The topological polar surface area (TPSA) is 66.3 Å². The molecule has 1 saturated heterocycles. The maximum absolute atomic E-state index is 11.3. The number of nitrogens with zero attached hydrogens (tertiary/aromatic N) is 3. The van der Waals surface area contributed by atoms with E-state index in [0.29, 0.717) is 31.9 Å². The summed E-state index contributed by atoms with van der Waals surface area (Å²) < 4.78 is 0.193. The SMILES string of the molecule is CSC1(C(=O)O)CCN(c2ncc(Br)cn2)CC1. The predicted molar refractivity (Wildman–Crippen MR) is 75.1 cm³/mol. The number of halogens is 1. The fourth-order valence-electron chi connectivity index (χ4n) is 2.04. The van der Waals surface area contributed by atoms with Crippen LogP contribution in [0.15, 0.2) is 16.9 Å². The third kappa shape index (κ3) is 2.61. The molecule has 0 unspecified atom stereocenters. The van der Waals surface area contributed by atoms with Crippen LogP contribution in [-0.4, -0.2) is 45.1 Å². The lowest BCUT2D eigenvalue weighted by Crippen LogP contribution is -2.47. The van der Waals surface area contributed by atoms with E-state index in [-0.39, 0.29) is 0 Å². The van der Waals surface area contributed by atoms with Crippen molar-refractivity contribution >= 4 is 39.6 Å². The Labute approximate surface area is 118 Å². The summed E-state index contributed by atoms with van der Waals surface area (Å²) in [5.41, 5.74) is 0. The first-order chi connectivity index (χ1) is 8.57. The zero-order chi connectivity index (χ0) is 13.2. The Morgan fingerprint density at radius 3 is 2.44 bits per heavy atom. The fourth-order valence-corrected chi connectivity index (χ4v) is 3.01. The summed E-state index contributed by atoms with van der Waals surface area (Å²) in [5.74, 6) is -0.0512. The highest BCUT2D eigenvalue weighted by atomic mass is 79.9. The summed E-state index contributed by atoms with van der Waals surface area (Å²) >= 11 is 4.72. The van der Waals surface area contributed by atoms with E-state index in [1.54, 1.807) is 12.4 Å². The molecule has 0 atom stereocenters. The van der Waals surface area contributed by atoms with Gasteiger partial charge in [-0.15, -0.1) is 11.8 Å². The van der Waals surface area contributed by atoms with Crippen LogP contribution in [0, 0.1) is 0 Å². The number of carboxylic acids is 1. The molecular formula is C11H14BrN3O2S. The van der Waals surface area contributed by atoms with Gasteiger partial charge in [0.05, 0.1) is 4.47 Å². The fraction of sp³-hybridized carbons (Fsp3) is 0.545. The molecule has 1 aromatic heterocycles. The quantitative estimate of drug-likeness (QED) is 0.914. The summed E-state index contributed by atoms with van der Waals surface area (Å²) in [4.78, 5) is 21.8. The number of hydrogen-bond acceptors (Lipinski definition) is 5. The summed E-state index contributed by atoms with van der Waals surface area (Å²) in [7, 11) is 0. The van der Waals surface area contributed by atoms with Crippen molar-refractivity contribution in [2.45, 2.75) is 17.6 Å². The lowest BCUT2D eigenvalue weighted by Gasteiger charge is -2.37. The average molecular weight is 332 g/mol. The monoisotopic (exact) mass is 331 g/mol. The van der Waals surface area contributed by atoms with Gasteiger partial charge in [0, 0.05) is 25.5 Å². The molecule has 18 heavy (non-hydrogen) atoms. The number of anilines is 1. The van der Waals surface area contributed by atoms with Crippen molar-refractivity contribution < 1.29 is 9.90 Å². The van der Waals surface area contributed by atoms with Crippen LogP contribution in [0.2, 0.25) is 0 Å². The van der Waals surface area contributed by atoms with E-state index in [1.807, 2.05) is 11.2 Å². The van der Waals surface area contributed by atoms with Gasteiger partial charge in [-0.2, -0.15) is 0 Å². The van der Waals surface area contributed by atoms with Gasteiger partial charge in [0.2, 0.25) is 5.95 Å². The van der Waals surface area contributed by atoms with Crippen LogP contribution in [0.25, 0.3) is 0 Å². The molecule has 0 aromatic carbocycles. The number of piperidine rings is 1. The molecule has 1 aliphatic heterocycles. The first-order valence-corrected chi connectivity index (χ1v) is 7.60. The standard InChI is InChI=1S/C11H14BrN3O2S/c1-18-11(9(16)17)2-4-15(5-3-11)10-13-6-8(12)7-14-10/h6-7H,2-5H2,1H3,(H,16,17). The summed E-state index contributed by atoms with van der Waals surface area (Å²) in [6.07, 6.45) is 6.50. The minimum absolute atomic E-state index is 0.614. The average Bonchev–Trinajstić information content (AvgIpc) is 2.39. The number of carboxylic acid groups (broad SMARTS) is 1. The van der Waals surface area contributed by atoms with Crippen LogP contribution < -0.4 is 4.90 Å². The lowest BCUT2D eigenvalue weighted by molar-refractivity contribution is -0.140. The van der Waals surface area contributed by atoms with Gasteiger partial charge in [-0.25, -0.2) is 9.97 Å². The lowest BCUT2D eigenvalue weighted by atomic mass is 9.96. The molecule has 1 aliphatic rings. The van der Waals surface area contributed by atoms with Crippen molar-refractivity contribution in [3.63, 3.8) is 0 Å². The van der Waals surface area contributed by atoms with Gasteiger partial charge in [-0.1, -0.05) is 0 Å². The zero-order valence-corrected chi connectivity index (χ0v) is 12.4. The third-order valence-electron chi connectivity index (χ3n) is 3.24. The van der Waals surface area contributed by atoms with Gasteiger partial charge in [0.15, 0.2) is 0 Å². The van der Waals surface area contributed by atoms with E-state index in [1.165, 1.54) is 11.8 Å². The van der Waals surface area contributed by atoms with Crippen molar-refractivity contribution in [2.75, 3.05) is 24.2 Å². The van der Waals surface area contributed by atoms with Crippen molar-refractivity contribution in [3.8, 4) is 0 Å². The van der Waals surface area contributed by atoms with Crippen molar-refractivity contribution in [1.29, 1.82) is 0 Å². The Kier molecular flexibility index (Phi) is 4.11. The molecule has 2 heterocycles. The van der Waals surface area contributed by atoms with E-state index in [2.05, 4.69) is 25.9 Å². The van der Waals surface area contributed by atoms with E-state index >= 15 is 0 Å². The number of aromatic nitrogens is 2. The molecule has 1 N–H and O–H groups in total. The maximum Gasteiger partial charge on any atom is 0.319 e. The number of thioether (sulfide) groups is 1. The Balaban J connectivity index is 2.06. The van der Waals surface area contributed by atoms with Gasteiger partial charge < -0.3 is 10.0 Å². The minimum Gasteiger partial charge on any atom is -0.480 e. The first kappa shape index (κ1) is 13.6. The van der Waals surface area contributed by atoms with E-state index in [0.717, 1.165) is 4.47 Å². The summed E-state index contributed by atoms with van der Waals surface area (Å²) in [5, 5.41) is 9.31. The second kappa shape index (κ2) is 5.44. The van der Waals surface area contributed by atoms with Gasteiger partial charge in [0.25, 0.3) is 0 Å². The third-order valence-corrected chi connectivity index (χ3v) is 5.02. The highest BCUT2D eigenvalue weighted by molar-refractivity contribution is 9.10. The van der Waals surface area contributed by atoms with Crippen molar-refractivity contribution in [2.24, 2.45) is 0 Å². The van der Waals surface area contributed by atoms with Crippen LogP contribution in [0.3, 0.4) is 0 Å². The number of carbonyl (C=O) groups is 1. The summed E-state index contributed by atoms with van der Waals surface area (Å²) in [6, 6.07) is 0. The largest absolute Gasteiger partial charge is 0.480 e. The highest BCUT2D eigenvalue weighted by Crippen LogP contribution is 2.35. The van der Waals surface area contributed by atoms with E-state index in [9.17, 15) is 9.90 Å². The van der Waals surface area contributed by atoms with Gasteiger partial charge in [0.1, 0.15) is 4.75 Å². The Morgan fingerprint density at radius 2 is 2.00 bits per heavy atom. The Hall–Kier alpha value is -0.820. The molecule has 0 bridgehead atoms. The van der Waals surface area contributed by atoms with E-state index < -0.39 is 10.7 Å². The first-order valence-electron chi connectivity index (χ1n) is 5.58.